The fourth-order valence-electron chi connectivity index (χ4n) is 1.80. The molecule has 3 nitrogen and oxygen atoms in total. The van der Waals surface area contributed by atoms with E-state index in [1.54, 1.807) is 0 Å². The predicted octanol–water partition coefficient (Wildman–Crippen LogP) is 2.72. The summed E-state index contributed by atoms with van der Waals surface area (Å²) in [5, 5.41) is 12.3. The second kappa shape index (κ2) is 8.11. The third-order valence-corrected chi connectivity index (χ3v) is 2.77. The normalized spacial score (nSPS) is 12.7. The number of hydrogen-bond acceptors (Lipinski definition) is 3. The average Bonchev–Trinajstić information content (AvgIpc) is 2.34. The van der Waals surface area contributed by atoms with E-state index in [9.17, 15) is 0 Å². The molecule has 0 spiro atoms. The van der Waals surface area contributed by atoms with E-state index in [0.717, 1.165) is 25.1 Å². The van der Waals surface area contributed by atoms with Gasteiger partial charge in [0.1, 0.15) is 5.75 Å². The minimum absolute atomic E-state index is 0.193. The van der Waals surface area contributed by atoms with Gasteiger partial charge in [-0.25, -0.2) is 0 Å². The molecular formula is C15H25NO2. The summed E-state index contributed by atoms with van der Waals surface area (Å²) in [6.45, 7) is 7.28. The van der Waals surface area contributed by atoms with Crippen molar-refractivity contribution in [1.82, 2.24) is 5.32 Å². The van der Waals surface area contributed by atoms with Crippen molar-refractivity contribution in [2.24, 2.45) is 0 Å². The van der Waals surface area contributed by atoms with Gasteiger partial charge in [-0.05, 0) is 39.7 Å². The SMILES string of the molecule is CC(CCCO)NCc1ccccc1OC(C)C. The van der Waals surface area contributed by atoms with Crippen molar-refractivity contribution in [3.8, 4) is 5.75 Å². The molecule has 0 aliphatic rings. The fraction of sp³-hybridized carbons (Fsp3) is 0.600. The van der Waals surface area contributed by atoms with Crippen LogP contribution in [0.5, 0.6) is 5.75 Å². The standard InChI is InChI=1S/C15H25NO2/c1-12(2)18-15-9-5-4-8-14(15)11-16-13(3)7-6-10-17/h4-5,8-9,12-13,16-17H,6-7,10-11H2,1-3H3. The molecule has 0 bridgehead atoms. The third-order valence-electron chi connectivity index (χ3n) is 2.77. The topological polar surface area (TPSA) is 41.5 Å². The number of nitrogens with one attached hydrogen (secondary N) is 1. The molecule has 0 radical (unpaired) electrons. The summed E-state index contributed by atoms with van der Waals surface area (Å²) in [5.74, 6) is 0.953. The van der Waals surface area contributed by atoms with Gasteiger partial charge in [0.15, 0.2) is 0 Å². The van der Waals surface area contributed by atoms with Crippen LogP contribution in [0.25, 0.3) is 0 Å². The van der Waals surface area contributed by atoms with Crippen molar-refractivity contribution in [3.05, 3.63) is 29.8 Å². The van der Waals surface area contributed by atoms with Crippen molar-refractivity contribution >= 4 is 0 Å². The molecule has 3 heteroatoms. The van der Waals surface area contributed by atoms with Gasteiger partial charge in [0, 0.05) is 24.8 Å². The molecule has 1 atom stereocenters. The summed E-state index contributed by atoms with van der Waals surface area (Å²) in [5.41, 5.74) is 1.18. The third kappa shape index (κ3) is 5.52. The maximum absolute atomic E-state index is 8.80. The number of benzene rings is 1. The summed E-state index contributed by atoms with van der Waals surface area (Å²) in [4.78, 5) is 0. The fourth-order valence-corrected chi connectivity index (χ4v) is 1.80. The van der Waals surface area contributed by atoms with Gasteiger partial charge in [-0.2, -0.15) is 0 Å². The molecule has 0 aromatic heterocycles. The molecule has 0 amide bonds. The van der Waals surface area contributed by atoms with E-state index < -0.39 is 0 Å². The summed E-state index contributed by atoms with van der Waals surface area (Å²) in [6, 6.07) is 8.53. The maximum Gasteiger partial charge on any atom is 0.124 e. The number of rotatable bonds is 8. The van der Waals surface area contributed by atoms with Gasteiger partial charge >= 0.3 is 0 Å². The number of aliphatic hydroxyl groups excluding tert-OH is 1. The molecule has 0 aliphatic heterocycles. The van der Waals surface area contributed by atoms with Gasteiger partial charge in [0.05, 0.1) is 6.10 Å². The van der Waals surface area contributed by atoms with Crippen LogP contribution in [0.2, 0.25) is 0 Å². The van der Waals surface area contributed by atoms with Gasteiger partial charge in [-0.1, -0.05) is 18.2 Å². The first-order chi connectivity index (χ1) is 8.63. The molecule has 0 heterocycles. The van der Waals surface area contributed by atoms with Crippen LogP contribution in [0.15, 0.2) is 24.3 Å². The van der Waals surface area contributed by atoms with Crippen molar-refractivity contribution < 1.29 is 9.84 Å². The number of ether oxygens (including phenoxy) is 1. The average molecular weight is 251 g/mol. The van der Waals surface area contributed by atoms with Crippen molar-refractivity contribution in [2.45, 2.75) is 52.3 Å². The molecule has 1 rings (SSSR count). The van der Waals surface area contributed by atoms with Crippen molar-refractivity contribution in [3.63, 3.8) is 0 Å². The van der Waals surface area contributed by atoms with Crippen LogP contribution in [-0.2, 0) is 6.54 Å². The van der Waals surface area contributed by atoms with Crippen LogP contribution in [0.3, 0.4) is 0 Å². The second-order valence-electron chi connectivity index (χ2n) is 4.92. The Hall–Kier alpha value is -1.06. The Morgan fingerprint density at radius 3 is 2.61 bits per heavy atom. The second-order valence-corrected chi connectivity index (χ2v) is 4.92. The smallest absolute Gasteiger partial charge is 0.124 e. The number of hydrogen-bond donors (Lipinski definition) is 2. The number of aliphatic hydroxyl groups is 1. The predicted molar refractivity (Wildman–Crippen MR) is 74.8 cm³/mol. The first kappa shape index (κ1) is 15.0. The Morgan fingerprint density at radius 1 is 1.22 bits per heavy atom. The Labute approximate surface area is 110 Å². The van der Waals surface area contributed by atoms with Gasteiger partial charge in [0.2, 0.25) is 0 Å². The highest BCUT2D eigenvalue weighted by atomic mass is 16.5. The summed E-state index contributed by atoms with van der Waals surface area (Å²) in [6.07, 6.45) is 2.03. The van der Waals surface area contributed by atoms with E-state index in [1.165, 1.54) is 5.56 Å². The van der Waals surface area contributed by atoms with E-state index in [1.807, 2.05) is 32.0 Å². The Balaban J connectivity index is 2.50. The molecule has 0 aliphatic carbocycles. The Kier molecular flexibility index (Phi) is 6.76. The van der Waals surface area contributed by atoms with Crippen LogP contribution in [0.4, 0.5) is 0 Å². The zero-order valence-corrected chi connectivity index (χ0v) is 11.6. The molecule has 102 valence electrons. The molecule has 0 saturated carbocycles. The van der Waals surface area contributed by atoms with Gasteiger partial charge in [0.25, 0.3) is 0 Å². The molecular weight excluding hydrogens is 226 g/mol. The molecule has 1 aromatic carbocycles. The molecule has 18 heavy (non-hydrogen) atoms. The minimum atomic E-state index is 0.193. The molecule has 1 unspecified atom stereocenters. The summed E-state index contributed by atoms with van der Waals surface area (Å²) < 4.78 is 5.78. The molecule has 2 N–H and O–H groups in total. The van der Waals surface area contributed by atoms with Crippen LogP contribution in [-0.4, -0.2) is 23.9 Å². The minimum Gasteiger partial charge on any atom is -0.491 e. The first-order valence-corrected chi connectivity index (χ1v) is 6.72. The maximum atomic E-state index is 8.80. The summed E-state index contributed by atoms with van der Waals surface area (Å²) >= 11 is 0. The van der Waals surface area contributed by atoms with E-state index in [0.29, 0.717) is 6.04 Å². The van der Waals surface area contributed by atoms with Gasteiger partial charge in [-0.3, -0.25) is 0 Å². The zero-order chi connectivity index (χ0) is 13.4. The monoisotopic (exact) mass is 251 g/mol. The summed E-state index contributed by atoms with van der Waals surface area (Å²) in [7, 11) is 0. The lowest BCUT2D eigenvalue weighted by atomic mass is 10.1. The first-order valence-electron chi connectivity index (χ1n) is 6.72. The lowest BCUT2D eigenvalue weighted by Crippen LogP contribution is -2.26. The zero-order valence-electron chi connectivity index (χ0n) is 11.6. The molecule has 0 saturated heterocycles. The van der Waals surface area contributed by atoms with Gasteiger partial charge < -0.3 is 15.2 Å². The Bertz CT molecular complexity index is 339. The van der Waals surface area contributed by atoms with Crippen molar-refractivity contribution in [1.29, 1.82) is 0 Å². The Morgan fingerprint density at radius 2 is 1.94 bits per heavy atom. The van der Waals surface area contributed by atoms with Gasteiger partial charge in [-0.15, -0.1) is 0 Å². The lowest BCUT2D eigenvalue weighted by Gasteiger charge is -2.17. The van der Waals surface area contributed by atoms with E-state index >= 15 is 0 Å². The highest BCUT2D eigenvalue weighted by Gasteiger charge is 2.06. The highest BCUT2D eigenvalue weighted by molar-refractivity contribution is 5.33. The lowest BCUT2D eigenvalue weighted by molar-refractivity contribution is 0.239. The molecule has 0 fully saturated rings. The molecule has 1 aromatic rings. The highest BCUT2D eigenvalue weighted by Crippen LogP contribution is 2.19. The van der Waals surface area contributed by atoms with Crippen LogP contribution < -0.4 is 10.1 Å². The van der Waals surface area contributed by atoms with Crippen LogP contribution in [0, 0.1) is 0 Å². The van der Waals surface area contributed by atoms with E-state index in [4.69, 9.17) is 9.84 Å². The van der Waals surface area contributed by atoms with Crippen LogP contribution >= 0.6 is 0 Å². The van der Waals surface area contributed by atoms with E-state index in [-0.39, 0.29) is 12.7 Å². The van der Waals surface area contributed by atoms with Crippen molar-refractivity contribution in [2.75, 3.05) is 6.61 Å². The van der Waals surface area contributed by atoms with Crippen LogP contribution in [0.1, 0.15) is 39.2 Å². The van der Waals surface area contributed by atoms with E-state index in [2.05, 4.69) is 18.3 Å². The number of para-hydroxylation sites is 1. The quantitative estimate of drug-likeness (QED) is 0.746. The largest absolute Gasteiger partial charge is 0.491 e.